The zero-order valence-electron chi connectivity index (χ0n) is 15.1. The van der Waals surface area contributed by atoms with Crippen LogP contribution in [0.5, 0.6) is 5.75 Å². The third-order valence-corrected chi connectivity index (χ3v) is 4.76. The number of pyridine rings is 1. The molecule has 0 spiro atoms. The van der Waals surface area contributed by atoms with Crippen LogP contribution >= 0.6 is 0 Å². The van der Waals surface area contributed by atoms with Crippen molar-refractivity contribution in [3.63, 3.8) is 0 Å². The molecule has 0 saturated carbocycles. The molecule has 5 heteroatoms. The van der Waals surface area contributed by atoms with Crippen molar-refractivity contribution < 1.29 is 9.13 Å². The SMILES string of the molecule is CC1Cc2cc(CNCc3cc(-c4ccc(F)cc4)c[nH]c3=O)ccc2O1. The lowest BCUT2D eigenvalue weighted by atomic mass is 10.1. The topological polar surface area (TPSA) is 54.1 Å². The Morgan fingerprint density at radius 1 is 1.11 bits per heavy atom. The Balaban J connectivity index is 1.44. The minimum atomic E-state index is -0.279. The lowest BCUT2D eigenvalue weighted by molar-refractivity contribution is 0.254. The quantitative estimate of drug-likeness (QED) is 0.724. The van der Waals surface area contributed by atoms with E-state index in [9.17, 15) is 9.18 Å². The van der Waals surface area contributed by atoms with E-state index in [4.69, 9.17) is 4.74 Å². The number of aromatic nitrogens is 1. The number of rotatable bonds is 5. The minimum absolute atomic E-state index is 0.121. The van der Waals surface area contributed by atoms with Crippen molar-refractivity contribution in [2.45, 2.75) is 32.5 Å². The number of benzene rings is 2. The lowest BCUT2D eigenvalue weighted by Crippen LogP contribution is -2.20. The van der Waals surface area contributed by atoms with Crippen molar-refractivity contribution in [3.8, 4) is 16.9 Å². The smallest absolute Gasteiger partial charge is 0.252 e. The lowest BCUT2D eigenvalue weighted by Gasteiger charge is -2.08. The van der Waals surface area contributed by atoms with Gasteiger partial charge in [-0.3, -0.25) is 4.79 Å². The second-order valence-corrected chi connectivity index (χ2v) is 6.93. The first kappa shape index (κ1) is 17.5. The first-order chi connectivity index (χ1) is 13.1. The Labute approximate surface area is 157 Å². The highest BCUT2D eigenvalue weighted by Gasteiger charge is 2.18. The van der Waals surface area contributed by atoms with E-state index < -0.39 is 0 Å². The summed E-state index contributed by atoms with van der Waals surface area (Å²) in [6.45, 7) is 3.19. The van der Waals surface area contributed by atoms with Crippen LogP contribution < -0.4 is 15.6 Å². The number of hydrogen-bond acceptors (Lipinski definition) is 3. The van der Waals surface area contributed by atoms with Crippen molar-refractivity contribution >= 4 is 0 Å². The largest absolute Gasteiger partial charge is 0.490 e. The van der Waals surface area contributed by atoms with Crippen LogP contribution in [0.25, 0.3) is 11.1 Å². The molecule has 27 heavy (non-hydrogen) atoms. The summed E-state index contributed by atoms with van der Waals surface area (Å²) in [5.74, 6) is 0.689. The normalized spacial score (nSPS) is 15.4. The van der Waals surface area contributed by atoms with Crippen molar-refractivity contribution in [2.24, 2.45) is 0 Å². The number of H-pyrrole nitrogens is 1. The van der Waals surface area contributed by atoms with Gasteiger partial charge in [0.15, 0.2) is 0 Å². The van der Waals surface area contributed by atoms with Gasteiger partial charge in [-0.2, -0.15) is 0 Å². The first-order valence-corrected chi connectivity index (χ1v) is 9.05. The van der Waals surface area contributed by atoms with E-state index in [1.165, 1.54) is 17.7 Å². The maximum absolute atomic E-state index is 13.1. The molecule has 0 bridgehead atoms. The summed E-state index contributed by atoms with van der Waals surface area (Å²) < 4.78 is 18.8. The number of fused-ring (bicyclic) bond motifs is 1. The van der Waals surface area contributed by atoms with E-state index in [1.54, 1.807) is 18.3 Å². The zero-order chi connectivity index (χ0) is 18.8. The van der Waals surface area contributed by atoms with Gasteiger partial charge in [0.1, 0.15) is 17.7 Å². The molecule has 2 heterocycles. The highest BCUT2D eigenvalue weighted by Crippen LogP contribution is 2.29. The Morgan fingerprint density at radius 3 is 2.74 bits per heavy atom. The number of nitrogens with one attached hydrogen (secondary N) is 2. The van der Waals surface area contributed by atoms with Gasteiger partial charge in [-0.05, 0) is 53.4 Å². The van der Waals surface area contributed by atoms with Crippen LogP contribution in [-0.4, -0.2) is 11.1 Å². The Kier molecular flexibility index (Phi) is 4.77. The summed E-state index contributed by atoms with van der Waals surface area (Å²) in [5.41, 5.74) is 4.65. The average molecular weight is 364 g/mol. The van der Waals surface area contributed by atoms with Gasteiger partial charge in [-0.1, -0.05) is 24.3 Å². The number of hydrogen-bond donors (Lipinski definition) is 2. The van der Waals surface area contributed by atoms with Gasteiger partial charge < -0.3 is 15.0 Å². The highest BCUT2D eigenvalue weighted by molar-refractivity contribution is 5.62. The van der Waals surface area contributed by atoms with Crippen LogP contribution in [0, 0.1) is 5.82 Å². The summed E-state index contributed by atoms with van der Waals surface area (Å²) in [6.07, 6.45) is 2.82. The molecule has 138 valence electrons. The van der Waals surface area contributed by atoms with Crippen LogP contribution in [0.3, 0.4) is 0 Å². The molecular formula is C22H21FN2O2. The fraction of sp³-hybridized carbons (Fsp3) is 0.227. The molecule has 1 unspecified atom stereocenters. The monoisotopic (exact) mass is 364 g/mol. The van der Waals surface area contributed by atoms with E-state index >= 15 is 0 Å². The maximum Gasteiger partial charge on any atom is 0.252 e. The van der Waals surface area contributed by atoms with Crippen molar-refractivity contribution in [1.82, 2.24) is 10.3 Å². The third kappa shape index (κ3) is 3.93. The molecule has 0 amide bonds. The summed E-state index contributed by atoms with van der Waals surface area (Å²) in [4.78, 5) is 14.9. The second-order valence-electron chi connectivity index (χ2n) is 6.93. The molecule has 0 saturated heterocycles. The van der Waals surface area contributed by atoms with Gasteiger partial charge in [0.25, 0.3) is 5.56 Å². The van der Waals surface area contributed by atoms with Gasteiger partial charge in [-0.25, -0.2) is 4.39 Å². The first-order valence-electron chi connectivity index (χ1n) is 9.05. The predicted molar refractivity (Wildman–Crippen MR) is 103 cm³/mol. The van der Waals surface area contributed by atoms with Gasteiger partial charge in [-0.15, -0.1) is 0 Å². The molecule has 1 aromatic heterocycles. The minimum Gasteiger partial charge on any atom is -0.490 e. The molecule has 2 N–H and O–H groups in total. The number of ether oxygens (including phenoxy) is 1. The van der Waals surface area contributed by atoms with Crippen molar-refractivity contribution in [3.05, 3.63) is 87.6 Å². The van der Waals surface area contributed by atoms with E-state index in [-0.39, 0.29) is 17.5 Å². The van der Waals surface area contributed by atoms with Gasteiger partial charge in [0.05, 0.1) is 0 Å². The summed E-state index contributed by atoms with van der Waals surface area (Å²) in [6, 6.07) is 14.3. The molecule has 1 aliphatic rings. The molecule has 1 aliphatic heterocycles. The van der Waals surface area contributed by atoms with Crippen LogP contribution in [0.15, 0.2) is 59.5 Å². The molecule has 0 aliphatic carbocycles. The predicted octanol–water partition coefficient (Wildman–Crippen LogP) is 3.79. The third-order valence-electron chi connectivity index (χ3n) is 4.76. The van der Waals surface area contributed by atoms with E-state index in [0.29, 0.717) is 18.7 Å². The van der Waals surface area contributed by atoms with E-state index in [0.717, 1.165) is 28.9 Å². The standard InChI is InChI=1S/C22H21FN2O2/c1-14-8-17-9-15(2-7-21(17)27-14)11-24-12-19-10-18(13-25-22(19)26)16-3-5-20(23)6-4-16/h2-7,9-10,13-14,24H,8,11-12H2,1H3,(H,25,26). The van der Waals surface area contributed by atoms with Gasteiger partial charge in [0.2, 0.25) is 0 Å². The second kappa shape index (κ2) is 7.37. The maximum atomic E-state index is 13.1. The average Bonchev–Trinajstić information content (AvgIpc) is 3.03. The number of halogens is 1. The molecule has 0 fully saturated rings. The van der Waals surface area contributed by atoms with Gasteiger partial charge in [0, 0.05) is 31.3 Å². The molecule has 2 aromatic carbocycles. The van der Waals surface area contributed by atoms with Crippen LogP contribution in [0.1, 0.15) is 23.6 Å². The molecule has 3 aromatic rings. The summed E-state index contributed by atoms with van der Waals surface area (Å²) in [5, 5.41) is 3.33. The molecule has 4 rings (SSSR count). The molecule has 4 nitrogen and oxygen atoms in total. The Morgan fingerprint density at radius 2 is 1.93 bits per heavy atom. The van der Waals surface area contributed by atoms with Gasteiger partial charge >= 0.3 is 0 Å². The van der Waals surface area contributed by atoms with Crippen molar-refractivity contribution in [1.29, 1.82) is 0 Å². The van der Waals surface area contributed by atoms with Crippen LogP contribution in [0.4, 0.5) is 4.39 Å². The molecule has 1 atom stereocenters. The molecular weight excluding hydrogens is 343 g/mol. The Hall–Kier alpha value is -2.92. The summed E-state index contributed by atoms with van der Waals surface area (Å²) in [7, 11) is 0. The van der Waals surface area contributed by atoms with Crippen molar-refractivity contribution in [2.75, 3.05) is 0 Å². The van der Waals surface area contributed by atoms with Crippen LogP contribution in [-0.2, 0) is 19.5 Å². The fourth-order valence-electron chi connectivity index (χ4n) is 3.40. The Bertz CT molecular complexity index is 1010. The van der Waals surface area contributed by atoms with Crippen LogP contribution in [0.2, 0.25) is 0 Å². The summed E-state index contributed by atoms with van der Waals surface area (Å²) >= 11 is 0. The molecule has 0 radical (unpaired) electrons. The van der Waals surface area contributed by atoms with E-state index in [1.807, 2.05) is 18.2 Å². The fourth-order valence-corrected chi connectivity index (χ4v) is 3.40. The zero-order valence-corrected chi connectivity index (χ0v) is 15.1. The number of aromatic amines is 1. The highest BCUT2D eigenvalue weighted by atomic mass is 19.1. The van der Waals surface area contributed by atoms with E-state index in [2.05, 4.69) is 23.3 Å².